The minimum absolute atomic E-state index is 0.144. The molecule has 2 rings (SSSR count). The molecular weight excluding hydrogens is 419 g/mol. The fraction of sp³-hybridized carbons (Fsp3) is 0.0714. The Bertz CT molecular complexity index is 643. The lowest BCUT2D eigenvalue weighted by Gasteiger charge is -2.09. The number of nitrogens with one attached hydrogen (secondary N) is 1. The van der Waals surface area contributed by atoms with Crippen molar-refractivity contribution in [1.29, 1.82) is 0 Å². The van der Waals surface area contributed by atoms with Crippen LogP contribution in [0, 0.1) is 10.5 Å². The van der Waals surface area contributed by atoms with Gasteiger partial charge in [0.1, 0.15) is 0 Å². The summed E-state index contributed by atoms with van der Waals surface area (Å²) in [4.78, 5) is 12.2. The van der Waals surface area contributed by atoms with Crippen LogP contribution in [0.3, 0.4) is 0 Å². The fourth-order valence-electron chi connectivity index (χ4n) is 1.62. The lowest BCUT2D eigenvalue weighted by Crippen LogP contribution is -2.13. The fourth-order valence-corrected chi connectivity index (χ4v) is 2.54. The van der Waals surface area contributed by atoms with Crippen molar-refractivity contribution in [3.63, 3.8) is 0 Å². The summed E-state index contributed by atoms with van der Waals surface area (Å²) in [6.07, 6.45) is 0. The quantitative estimate of drug-likeness (QED) is 0.554. The number of carbonyl (C=O) groups excluding carboxylic acids is 1. The summed E-state index contributed by atoms with van der Waals surface area (Å²) in [7, 11) is 0. The summed E-state index contributed by atoms with van der Waals surface area (Å²) in [5.74, 6) is -0.144. The number of halogens is 2. The van der Waals surface area contributed by atoms with E-state index in [1.54, 1.807) is 12.1 Å². The third-order valence-electron chi connectivity index (χ3n) is 2.70. The van der Waals surface area contributed by atoms with Gasteiger partial charge in [0.25, 0.3) is 5.91 Å². The van der Waals surface area contributed by atoms with Crippen molar-refractivity contribution in [3.05, 3.63) is 55.6 Å². The molecule has 2 aromatic carbocycles. The van der Waals surface area contributed by atoms with E-state index in [4.69, 9.17) is 5.73 Å². The zero-order chi connectivity index (χ0) is 14.0. The van der Waals surface area contributed by atoms with Crippen LogP contribution in [0.25, 0.3) is 0 Å². The summed E-state index contributed by atoms with van der Waals surface area (Å²) in [6.45, 7) is 1.91. The molecule has 0 unspecified atom stereocenters. The van der Waals surface area contributed by atoms with E-state index in [-0.39, 0.29) is 5.91 Å². The Morgan fingerprint density at radius 2 is 2.00 bits per heavy atom. The lowest BCUT2D eigenvalue weighted by atomic mass is 10.1. The first kappa shape index (κ1) is 14.3. The second-order valence-corrected chi connectivity index (χ2v) is 6.25. The molecule has 3 nitrogen and oxygen atoms in total. The van der Waals surface area contributed by atoms with Crippen LogP contribution >= 0.6 is 38.5 Å². The molecule has 2 aromatic rings. The van der Waals surface area contributed by atoms with Crippen molar-refractivity contribution in [1.82, 2.24) is 0 Å². The molecule has 0 atom stereocenters. The standard InChI is InChI=1S/C14H12BrIN2O/c1-8-6-10(3-5-13(8)17)18-14(19)11-7-9(16)2-4-12(11)15/h2-7H,17H2,1H3,(H,18,19). The number of aryl methyl sites for hydroxylation is 1. The highest BCUT2D eigenvalue weighted by Gasteiger charge is 2.11. The molecular formula is C14H12BrIN2O. The van der Waals surface area contributed by atoms with E-state index in [1.807, 2.05) is 31.2 Å². The first-order valence-corrected chi connectivity index (χ1v) is 7.47. The second-order valence-electron chi connectivity index (χ2n) is 4.15. The number of nitrogen functional groups attached to an aromatic ring is 1. The zero-order valence-electron chi connectivity index (χ0n) is 10.2. The molecule has 0 radical (unpaired) electrons. The summed E-state index contributed by atoms with van der Waals surface area (Å²) in [6, 6.07) is 11.1. The summed E-state index contributed by atoms with van der Waals surface area (Å²) in [5.41, 5.74) is 8.76. The third-order valence-corrected chi connectivity index (χ3v) is 4.06. The molecule has 3 N–H and O–H groups in total. The molecule has 19 heavy (non-hydrogen) atoms. The van der Waals surface area contributed by atoms with Gasteiger partial charge < -0.3 is 11.1 Å². The van der Waals surface area contributed by atoms with Crippen LogP contribution in [0.5, 0.6) is 0 Å². The summed E-state index contributed by atoms with van der Waals surface area (Å²) < 4.78 is 1.79. The van der Waals surface area contributed by atoms with Crippen molar-refractivity contribution in [2.75, 3.05) is 11.1 Å². The molecule has 98 valence electrons. The zero-order valence-corrected chi connectivity index (χ0v) is 13.9. The van der Waals surface area contributed by atoms with Crippen molar-refractivity contribution in [2.24, 2.45) is 0 Å². The molecule has 0 heterocycles. The Kier molecular flexibility index (Phi) is 4.46. The molecule has 0 spiro atoms. The number of hydrogen-bond donors (Lipinski definition) is 2. The van der Waals surface area contributed by atoms with Crippen LogP contribution in [-0.2, 0) is 0 Å². The van der Waals surface area contributed by atoms with E-state index in [0.29, 0.717) is 11.3 Å². The van der Waals surface area contributed by atoms with Gasteiger partial charge in [-0.3, -0.25) is 4.79 Å². The van der Waals surface area contributed by atoms with Crippen molar-refractivity contribution in [2.45, 2.75) is 6.92 Å². The van der Waals surface area contributed by atoms with Crippen LogP contribution in [0.1, 0.15) is 15.9 Å². The second kappa shape index (κ2) is 5.92. The van der Waals surface area contributed by atoms with E-state index in [0.717, 1.165) is 19.3 Å². The van der Waals surface area contributed by atoms with Crippen LogP contribution < -0.4 is 11.1 Å². The number of hydrogen-bond acceptors (Lipinski definition) is 2. The van der Waals surface area contributed by atoms with Gasteiger partial charge in [-0.05, 0) is 87.4 Å². The molecule has 0 bridgehead atoms. The van der Waals surface area contributed by atoms with Gasteiger partial charge in [0.05, 0.1) is 5.56 Å². The van der Waals surface area contributed by atoms with Crippen molar-refractivity contribution >= 4 is 55.8 Å². The smallest absolute Gasteiger partial charge is 0.256 e. The molecule has 0 saturated carbocycles. The average molecular weight is 431 g/mol. The van der Waals surface area contributed by atoms with Crippen LogP contribution in [0.2, 0.25) is 0 Å². The maximum Gasteiger partial charge on any atom is 0.256 e. The molecule has 0 aliphatic carbocycles. The highest BCUT2D eigenvalue weighted by atomic mass is 127. The maximum absolute atomic E-state index is 12.2. The predicted molar refractivity (Wildman–Crippen MR) is 90.4 cm³/mol. The van der Waals surface area contributed by atoms with E-state index in [1.165, 1.54) is 0 Å². The normalized spacial score (nSPS) is 10.3. The number of amides is 1. The van der Waals surface area contributed by atoms with Crippen molar-refractivity contribution < 1.29 is 4.79 Å². The Labute approximate surface area is 133 Å². The minimum Gasteiger partial charge on any atom is -0.399 e. The average Bonchev–Trinajstić information content (AvgIpc) is 2.36. The van der Waals surface area contributed by atoms with Gasteiger partial charge in [-0.25, -0.2) is 0 Å². The number of rotatable bonds is 2. The molecule has 0 aromatic heterocycles. The molecule has 0 saturated heterocycles. The van der Waals surface area contributed by atoms with Gasteiger partial charge in [0, 0.05) is 19.4 Å². The highest BCUT2D eigenvalue weighted by molar-refractivity contribution is 14.1. The van der Waals surface area contributed by atoms with E-state index in [9.17, 15) is 4.79 Å². The van der Waals surface area contributed by atoms with Crippen LogP contribution in [-0.4, -0.2) is 5.91 Å². The van der Waals surface area contributed by atoms with Gasteiger partial charge in [-0.15, -0.1) is 0 Å². The van der Waals surface area contributed by atoms with Crippen molar-refractivity contribution in [3.8, 4) is 0 Å². The number of benzene rings is 2. The number of anilines is 2. The highest BCUT2D eigenvalue weighted by Crippen LogP contribution is 2.22. The monoisotopic (exact) mass is 430 g/mol. The van der Waals surface area contributed by atoms with Gasteiger partial charge in [-0.1, -0.05) is 0 Å². The minimum atomic E-state index is -0.144. The third kappa shape index (κ3) is 3.48. The van der Waals surface area contributed by atoms with Gasteiger partial charge in [0.2, 0.25) is 0 Å². The van der Waals surface area contributed by atoms with Gasteiger partial charge in [0.15, 0.2) is 0 Å². The Hall–Kier alpha value is -1.08. The van der Waals surface area contributed by atoms with E-state index in [2.05, 4.69) is 43.8 Å². The predicted octanol–water partition coefficient (Wildman–Crippen LogP) is 4.20. The summed E-state index contributed by atoms with van der Waals surface area (Å²) >= 11 is 5.57. The first-order chi connectivity index (χ1) is 8.97. The summed E-state index contributed by atoms with van der Waals surface area (Å²) in [5, 5.41) is 2.87. The molecule has 5 heteroatoms. The first-order valence-electron chi connectivity index (χ1n) is 5.60. The molecule has 0 fully saturated rings. The molecule has 0 aliphatic heterocycles. The van der Waals surface area contributed by atoms with Gasteiger partial charge in [-0.2, -0.15) is 0 Å². The Morgan fingerprint density at radius 1 is 1.26 bits per heavy atom. The van der Waals surface area contributed by atoms with Gasteiger partial charge >= 0.3 is 0 Å². The number of nitrogens with two attached hydrogens (primary N) is 1. The number of carbonyl (C=O) groups is 1. The largest absolute Gasteiger partial charge is 0.399 e. The topological polar surface area (TPSA) is 55.1 Å². The maximum atomic E-state index is 12.2. The van der Waals surface area contributed by atoms with Crippen LogP contribution in [0.4, 0.5) is 11.4 Å². The van der Waals surface area contributed by atoms with E-state index >= 15 is 0 Å². The lowest BCUT2D eigenvalue weighted by molar-refractivity contribution is 0.102. The molecule has 1 amide bonds. The van der Waals surface area contributed by atoms with E-state index < -0.39 is 0 Å². The molecule has 0 aliphatic rings. The SMILES string of the molecule is Cc1cc(NC(=O)c2cc(I)ccc2Br)ccc1N. The van der Waals surface area contributed by atoms with Crippen LogP contribution in [0.15, 0.2) is 40.9 Å². The Morgan fingerprint density at radius 3 is 2.68 bits per heavy atom. The Balaban J connectivity index is 2.25.